The van der Waals surface area contributed by atoms with Gasteiger partial charge in [-0.1, -0.05) is 6.92 Å². The smallest absolute Gasteiger partial charge is 0.220 e. The van der Waals surface area contributed by atoms with Crippen molar-refractivity contribution in [3.63, 3.8) is 0 Å². The normalized spacial score (nSPS) is 18.4. The molecular formula is C12H17N3O. The lowest BCUT2D eigenvalue weighted by Gasteiger charge is -2.25. The van der Waals surface area contributed by atoms with Crippen LogP contribution >= 0.6 is 0 Å². The third kappa shape index (κ3) is 2.51. The van der Waals surface area contributed by atoms with Crippen molar-refractivity contribution in [2.75, 3.05) is 11.9 Å². The highest BCUT2D eigenvalue weighted by molar-refractivity contribution is 5.76. The molecule has 0 radical (unpaired) electrons. The first-order valence-corrected chi connectivity index (χ1v) is 5.76. The van der Waals surface area contributed by atoms with Gasteiger partial charge in [-0.15, -0.1) is 0 Å². The molecule has 0 saturated carbocycles. The van der Waals surface area contributed by atoms with Gasteiger partial charge in [-0.05, 0) is 18.6 Å². The molecule has 2 heterocycles. The van der Waals surface area contributed by atoms with Crippen molar-refractivity contribution in [1.29, 1.82) is 0 Å². The van der Waals surface area contributed by atoms with E-state index in [1.807, 2.05) is 19.1 Å². The summed E-state index contributed by atoms with van der Waals surface area (Å²) in [6.07, 6.45) is 4.10. The van der Waals surface area contributed by atoms with Crippen LogP contribution in [0.25, 0.3) is 0 Å². The number of anilines is 1. The number of rotatable bonds is 3. The van der Waals surface area contributed by atoms with Crippen molar-refractivity contribution >= 4 is 11.6 Å². The molecule has 86 valence electrons. The lowest BCUT2D eigenvalue weighted by Crippen LogP contribution is -2.43. The van der Waals surface area contributed by atoms with Gasteiger partial charge < -0.3 is 10.6 Å². The molecule has 1 aliphatic rings. The van der Waals surface area contributed by atoms with Crippen LogP contribution in [0.3, 0.4) is 0 Å². The standard InChI is InChI=1S/C12H17N3O/c1-2-4-12(16)15-9-7-11-10(14-8-9)5-3-6-13-11/h3,5-6,9,14H,2,4,7-8H2,1H3,(H,15,16). The van der Waals surface area contributed by atoms with Crippen molar-refractivity contribution in [2.24, 2.45) is 0 Å². The Bertz CT molecular complexity index is 378. The van der Waals surface area contributed by atoms with E-state index in [1.54, 1.807) is 6.20 Å². The Morgan fingerprint density at radius 1 is 1.69 bits per heavy atom. The predicted molar refractivity (Wildman–Crippen MR) is 63.3 cm³/mol. The van der Waals surface area contributed by atoms with Gasteiger partial charge in [-0.25, -0.2) is 0 Å². The van der Waals surface area contributed by atoms with E-state index in [4.69, 9.17) is 0 Å². The van der Waals surface area contributed by atoms with Crippen LogP contribution in [0, 0.1) is 0 Å². The first-order valence-electron chi connectivity index (χ1n) is 5.76. The van der Waals surface area contributed by atoms with Gasteiger partial charge in [0, 0.05) is 25.6 Å². The van der Waals surface area contributed by atoms with Crippen LogP contribution in [0.4, 0.5) is 5.69 Å². The summed E-state index contributed by atoms with van der Waals surface area (Å²) < 4.78 is 0. The number of hydrogen-bond acceptors (Lipinski definition) is 3. The second-order valence-electron chi connectivity index (χ2n) is 4.10. The van der Waals surface area contributed by atoms with Gasteiger partial charge in [-0.2, -0.15) is 0 Å². The van der Waals surface area contributed by atoms with Crippen molar-refractivity contribution in [3.8, 4) is 0 Å². The summed E-state index contributed by atoms with van der Waals surface area (Å²) >= 11 is 0. The lowest BCUT2D eigenvalue weighted by atomic mass is 10.0. The molecule has 0 aromatic carbocycles. The first-order chi connectivity index (χ1) is 7.79. The zero-order chi connectivity index (χ0) is 11.4. The number of fused-ring (bicyclic) bond motifs is 1. The highest BCUT2D eigenvalue weighted by Gasteiger charge is 2.19. The molecular weight excluding hydrogens is 202 g/mol. The molecule has 0 bridgehead atoms. The van der Waals surface area contributed by atoms with Crippen LogP contribution in [0.15, 0.2) is 18.3 Å². The van der Waals surface area contributed by atoms with E-state index < -0.39 is 0 Å². The summed E-state index contributed by atoms with van der Waals surface area (Å²) in [6.45, 7) is 2.80. The minimum Gasteiger partial charge on any atom is -0.381 e. The van der Waals surface area contributed by atoms with Crippen LogP contribution < -0.4 is 10.6 Å². The fourth-order valence-corrected chi connectivity index (χ4v) is 1.93. The third-order valence-corrected chi connectivity index (χ3v) is 2.71. The van der Waals surface area contributed by atoms with Gasteiger partial charge in [0.1, 0.15) is 0 Å². The van der Waals surface area contributed by atoms with Crippen LogP contribution in [0.5, 0.6) is 0 Å². The number of nitrogens with zero attached hydrogens (tertiary/aromatic N) is 1. The molecule has 4 nitrogen and oxygen atoms in total. The quantitative estimate of drug-likeness (QED) is 0.806. The van der Waals surface area contributed by atoms with E-state index >= 15 is 0 Å². The Morgan fingerprint density at radius 2 is 2.56 bits per heavy atom. The second kappa shape index (κ2) is 4.96. The Morgan fingerprint density at radius 3 is 3.38 bits per heavy atom. The van der Waals surface area contributed by atoms with Gasteiger partial charge in [0.2, 0.25) is 5.91 Å². The summed E-state index contributed by atoms with van der Waals surface area (Å²) in [5.41, 5.74) is 2.12. The number of carbonyl (C=O) groups excluding carboxylic acids is 1. The Kier molecular flexibility index (Phi) is 3.39. The van der Waals surface area contributed by atoms with Crippen molar-refractivity contribution < 1.29 is 4.79 Å². The van der Waals surface area contributed by atoms with Crippen LogP contribution in [0.2, 0.25) is 0 Å². The monoisotopic (exact) mass is 219 g/mol. The van der Waals surface area contributed by atoms with E-state index in [1.165, 1.54) is 0 Å². The number of carbonyl (C=O) groups is 1. The van der Waals surface area contributed by atoms with Crippen LogP contribution in [-0.4, -0.2) is 23.5 Å². The zero-order valence-electron chi connectivity index (χ0n) is 9.49. The number of hydrogen-bond donors (Lipinski definition) is 2. The average Bonchev–Trinajstić information content (AvgIpc) is 2.29. The highest BCUT2D eigenvalue weighted by Crippen LogP contribution is 2.18. The molecule has 1 aromatic heterocycles. The number of nitrogens with one attached hydrogen (secondary N) is 2. The average molecular weight is 219 g/mol. The van der Waals surface area contributed by atoms with Gasteiger partial charge in [-0.3, -0.25) is 9.78 Å². The maximum absolute atomic E-state index is 11.5. The van der Waals surface area contributed by atoms with E-state index in [-0.39, 0.29) is 11.9 Å². The van der Waals surface area contributed by atoms with E-state index in [0.717, 1.165) is 30.8 Å². The zero-order valence-corrected chi connectivity index (χ0v) is 9.49. The van der Waals surface area contributed by atoms with Gasteiger partial charge in [0.15, 0.2) is 0 Å². The summed E-state index contributed by atoms with van der Waals surface area (Å²) in [6, 6.07) is 4.11. The van der Waals surface area contributed by atoms with Gasteiger partial charge >= 0.3 is 0 Å². The molecule has 1 aromatic rings. The van der Waals surface area contributed by atoms with Crippen molar-refractivity contribution in [3.05, 3.63) is 24.0 Å². The maximum Gasteiger partial charge on any atom is 0.220 e. The van der Waals surface area contributed by atoms with Gasteiger partial charge in [0.25, 0.3) is 0 Å². The fourth-order valence-electron chi connectivity index (χ4n) is 1.93. The predicted octanol–water partition coefficient (Wildman–Crippen LogP) is 1.33. The van der Waals surface area contributed by atoms with Crippen LogP contribution in [0.1, 0.15) is 25.5 Å². The van der Waals surface area contributed by atoms with Crippen LogP contribution in [-0.2, 0) is 11.2 Å². The molecule has 2 rings (SSSR count). The van der Waals surface area contributed by atoms with E-state index in [2.05, 4.69) is 15.6 Å². The third-order valence-electron chi connectivity index (χ3n) is 2.71. The number of pyridine rings is 1. The molecule has 1 amide bonds. The minimum absolute atomic E-state index is 0.133. The minimum atomic E-state index is 0.133. The number of aromatic nitrogens is 1. The Balaban J connectivity index is 1.95. The molecule has 1 atom stereocenters. The topological polar surface area (TPSA) is 54.0 Å². The van der Waals surface area contributed by atoms with E-state index in [0.29, 0.717) is 6.42 Å². The SMILES string of the molecule is CCCC(=O)NC1CNc2cccnc2C1. The summed E-state index contributed by atoms with van der Waals surface area (Å²) in [5, 5.41) is 6.30. The number of amides is 1. The second-order valence-corrected chi connectivity index (χ2v) is 4.10. The molecule has 0 saturated heterocycles. The van der Waals surface area contributed by atoms with Crippen molar-refractivity contribution in [2.45, 2.75) is 32.2 Å². The molecule has 0 spiro atoms. The first kappa shape index (κ1) is 10.9. The molecule has 0 fully saturated rings. The molecule has 2 N–H and O–H groups in total. The molecule has 4 heteroatoms. The van der Waals surface area contributed by atoms with Gasteiger partial charge in [0.05, 0.1) is 17.4 Å². The Hall–Kier alpha value is -1.58. The van der Waals surface area contributed by atoms with Crippen molar-refractivity contribution in [1.82, 2.24) is 10.3 Å². The summed E-state index contributed by atoms with van der Waals surface area (Å²) in [4.78, 5) is 15.8. The lowest BCUT2D eigenvalue weighted by molar-refractivity contribution is -0.121. The Labute approximate surface area is 95.5 Å². The summed E-state index contributed by atoms with van der Waals surface area (Å²) in [7, 11) is 0. The molecule has 1 unspecified atom stereocenters. The summed E-state index contributed by atoms with van der Waals surface area (Å²) in [5.74, 6) is 0.133. The molecule has 1 aliphatic heterocycles. The largest absolute Gasteiger partial charge is 0.381 e. The fraction of sp³-hybridized carbons (Fsp3) is 0.500. The maximum atomic E-state index is 11.5. The highest BCUT2D eigenvalue weighted by atomic mass is 16.1. The molecule has 0 aliphatic carbocycles. The van der Waals surface area contributed by atoms with E-state index in [9.17, 15) is 4.79 Å². The molecule has 16 heavy (non-hydrogen) atoms.